The smallest absolute Gasteiger partial charge is 0.255 e. The van der Waals surface area contributed by atoms with Gasteiger partial charge in [0.2, 0.25) is 0 Å². The number of hydrogen-bond donors (Lipinski definition) is 2. The Morgan fingerprint density at radius 2 is 1.59 bits per heavy atom. The van der Waals surface area contributed by atoms with Crippen molar-refractivity contribution in [3.63, 3.8) is 0 Å². The van der Waals surface area contributed by atoms with Gasteiger partial charge in [-0.15, -0.1) is 0 Å². The van der Waals surface area contributed by atoms with Crippen LogP contribution < -0.4 is 15.5 Å². The molecule has 0 spiro atoms. The fraction of sp³-hybridized carbons (Fsp3) is 0.310. The van der Waals surface area contributed by atoms with Crippen molar-refractivity contribution in [1.82, 2.24) is 5.32 Å². The lowest BCUT2D eigenvalue weighted by Crippen LogP contribution is -2.35. The number of aryl methyl sites for hydroxylation is 1. The van der Waals surface area contributed by atoms with Crippen molar-refractivity contribution in [2.45, 2.75) is 39.7 Å². The molecule has 1 fully saturated rings. The van der Waals surface area contributed by atoms with E-state index in [1.165, 1.54) is 5.56 Å². The summed E-state index contributed by atoms with van der Waals surface area (Å²) in [6, 6.07) is 23.1. The summed E-state index contributed by atoms with van der Waals surface area (Å²) in [5.41, 5.74) is 4.95. The summed E-state index contributed by atoms with van der Waals surface area (Å²) in [6.45, 7) is 6.67. The largest absolute Gasteiger partial charge is 0.371 e. The summed E-state index contributed by atoms with van der Waals surface area (Å²) in [6.07, 6.45) is 3.15. The minimum atomic E-state index is -0.183. The summed E-state index contributed by atoms with van der Waals surface area (Å²) in [7, 11) is 0. The van der Waals surface area contributed by atoms with Gasteiger partial charge < -0.3 is 15.5 Å². The van der Waals surface area contributed by atoms with E-state index in [0.717, 1.165) is 43.6 Å². The molecule has 0 aliphatic carbocycles. The van der Waals surface area contributed by atoms with E-state index < -0.39 is 0 Å². The van der Waals surface area contributed by atoms with Crippen LogP contribution in [0, 0.1) is 5.92 Å². The maximum absolute atomic E-state index is 13.3. The molecule has 5 nitrogen and oxygen atoms in total. The zero-order valence-corrected chi connectivity index (χ0v) is 20.0. The Morgan fingerprint density at radius 1 is 0.882 bits per heavy atom. The molecule has 0 bridgehead atoms. The molecule has 1 saturated heterocycles. The van der Waals surface area contributed by atoms with Gasteiger partial charge in [0.1, 0.15) is 0 Å². The highest BCUT2D eigenvalue weighted by Crippen LogP contribution is 2.29. The van der Waals surface area contributed by atoms with Gasteiger partial charge in [-0.2, -0.15) is 0 Å². The fourth-order valence-corrected chi connectivity index (χ4v) is 4.29. The maximum Gasteiger partial charge on any atom is 0.255 e. The number of rotatable bonds is 7. The third-order valence-corrected chi connectivity index (χ3v) is 6.54. The van der Waals surface area contributed by atoms with Crippen molar-refractivity contribution in [3.05, 3.63) is 95.1 Å². The standard InChI is InChI=1S/C29H33N3O2/c1-3-22-9-11-24(12-10-22)28(33)31-25-13-14-27(32-17-15-21(2)16-18-32)26(19-25)29(34)30-20-23-7-5-4-6-8-23/h4-14,19,21H,3,15-18,20H2,1-2H3,(H,30,34)(H,31,33). The van der Waals surface area contributed by atoms with Crippen molar-refractivity contribution in [2.24, 2.45) is 5.92 Å². The molecular weight excluding hydrogens is 422 g/mol. The van der Waals surface area contributed by atoms with E-state index >= 15 is 0 Å². The van der Waals surface area contributed by atoms with Crippen LogP contribution in [0.25, 0.3) is 0 Å². The lowest BCUT2D eigenvalue weighted by atomic mass is 9.97. The highest BCUT2D eigenvalue weighted by molar-refractivity contribution is 6.06. The first-order valence-corrected chi connectivity index (χ1v) is 12.1. The number of carbonyl (C=O) groups is 2. The number of benzene rings is 3. The molecule has 176 valence electrons. The third-order valence-electron chi connectivity index (χ3n) is 6.54. The average molecular weight is 456 g/mol. The van der Waals surface area contributed by atoms with Crippen molar-refractivity contribution in [3.8, 4) is 0 Å². The molecule has 0 aromatic heterocycles. The molecule has 3 aromatic rings. The summed E-state index contributed by atoms with van der Waals surface area (Å²) >= 11 is 0. The van der Waals surface area contributed by atoms with E-state index in [9.17, 15) is 9.59 Å². The van der Waals surface area contributed by atoms with Gasteiger partial charge in [0, 0.05) is 36.6 Å². The quantitative estimate of drug-likeness (QED) is 0.483. The normalized spacial score (nSPS) is 14.0. The summed E-state index contributed by atoms with van der Waals surface area (Å²) in [4.78, 5) is 28.4. The van der Waals surface area contributed by atoms with Crippen molar-refractivity contribution in [1.29, 1.82) is 0 Å². The molecule has 0 atom stereocenters. The average Bonchev–Trinajstić information content (AvgIpc) is 2.88. The molecule has 5 heteroatoms. The fourth-order valence-electron chi connectivity index (χ4n) is 4.29. The van der Waals surface area contributed by atoms with Gasteiger partial charge in [-0.25, -0.2) is 0 Å². The molecule has 1 aliphatic rings. The molecule has 34 heavy (non-hydrogen) atoms. The van der Waals surface area contributed by atoms with Gasteiger partial charge in [0.15, 0.2) is 0 Å². The first-order valence-electron chi connectivity index (χ1n) is 12.1. The summed E-state index contributed by atoms with van der Waals surface area (Å²) in [5.74, 6) is 0.378. The molecule has 3 aromatic carbocycles. The van der Waals surface area contributed by atoms with Crippen LogP contribution in [0.4, 0.5) is 11.4 Å². The van der Waals surface area contributed by atoms with Crippen molar-refractivity contribution < 1.29 is 9.59 Å². The Kier molecular flexibility index (Phi) is 7.63. The number of hydrogen-bond acceptors (Lipinski definition) is 3. The van der Waals surface area contributed by atoms with Crippen LogP contribution in [-0.4, -0.2) is 24.9 Å². The monoisotopic (exact) mass is 455 g/mol. The molecule has 0 unspecified atom stereocenters. The molecule has 0 saturated carbocycles. The predicted molar refractivity (Wildman–Crippen MR) is 138 cm³/mol. The molecular formula is C29H33N3O2. The highest BCUT2D eigenvalue weighted by atomic mass is 16.2. The van der Waals surface area contributed by atoms with Crippen LogP contribution in [0.15, 0.2) is 72.8 Å². The van der Waals surface area contributed by atoms with E-state index in [2.05, 4.69) is 29.4 Å². The Morgan fingerprint density at radius 3 is 2.26 bits per heavy atom. The Hall–Kier alpha value is -3.60. The van der Waals surface area contributed by atoms with Crippen LogP contribution in [0.5, 0.6) is 0 Å². The van der Waals surface area contributed by atoms with E-state index in [1.807, 2.05) is 66.7 Å². The molecule has 2 N–H and O–H groups in total. The number of nitrogens with one attached hydrogen (secondary N) is 2. The van der Waals surface area contributed by atoms with Gasteiger partial charge in [-0.05, 0) is 66.6 Å². The second-order valence-electron chi connectivity index (χ2n) is 9.07. The van der Waals surface area contributed by atoms with Gasteiger partial charge in [-0.1, -0.05) is 56.3 Å². The first kappa shape index (κ1) is 23.6. The van der Waals surface area contributed by atoms with Crippen LogP contribution in [0.1, 0.15) is 58.5 Å². The second-order valence-corrected chi connectivity index (χ2v) is 9.07. The number of amides is 2. The highest BCUT2D eigenvalue weighted by Gasteiger charge is 2.22. The summed E-state index contributed by atoms with van der Waals surface area (Å²) < 4.78 is 0. The number of anilines is 2. The van der Waals surface area contributed by atoms with Gasteiger partial charge in [-0.3, -0.25) is 9.59 Å². The summed E-state index contributed by atoms with van der Waals surface area (Å²) in [5, 5.41) is 6.01. The third kappa shape index (κ3) is 5.84. The molecule has 0 radical (unpaired) electrons. The van der Waals surface area contributed by atoms with E-state index in [4.69, 9.17) is 0 Å². The van der Waals surface area contributed by atoms with Crippen LogP contribution >= 0.6 is 0 Å². The first-order chi connectivity index (χ1) is 16.5. The van der Waals surface area contributed by atoms with Crippen molar-refractivity contribution in [2.75, 3.05) is 23.3 Å². The minimum absolute atomic E-state index is 0.138. The van der Waals surface area contributed by atoms with Gasteiger partial charge in [0.05, 0.1) is 5.56 Å². The molecule has 1 heterocycles. The molecule has 4 rings (SSSR count). The van der Waals surface area contributed by atoms with E-state index in [-0.39, 0.29) is 11.8 Å². The Labute approximate surface area is 202 Å². The van der Waals surface area contributed by atoms with Crippen LogP contribution in [0.2, 0.25) is 0 Å². The molecule has 2 amide bonds. The second kappa shape index (κ2) is 11.0. The van der Waals surface area contributed by atoms with E-state index in [1.54, 1.807) is 6.07 Å². The zero-order valence-electron chi connectivity index (χ0n) is 20.0. The lowest BCUT2D eigenvalue weighted by Gasteiger charge is -2.33. The van der Waals surface area contributed by atoms with Crippen LogP contribution in [0.3, 0.4) is 0 Å². The van der Waals surface area contributed by atoms with Gasteiger partial charge >= 0.3 is 0 Å². The minimum Gasteiger partial charge on any atom is -0.371 e. The number of carbonyl (C=O) groups excluding carboxylic acids is 2. The molecule has 1 aliphatic heterocycles. The number of nitrogens with zero attached hydrogens (tertiary/aromatic N) is 1. The SMILES string of the molecule is CCc1ccc(C(=O)Nc2ccc(N3CCC(C)CC3)c(C(=O)NCc3ccccc3)c2)cc1. The number of piperidine rings is 1. The lowest BCUT2D eigenvalue weighted by molar-refractivity contribution is 0.0950. The van der Waals surface area contributed by atoms with E-state index in [0.29, 0.717) is 29.3 Å². The van der Waals surface area contributed by atoms with Crippen LogP contribution in [-0.2, 0) is 13.0 Å². The van der Waals surface area contributed by atoms with Gasteiger partial charge in [0.25, 0.3) is 11.8 Å². The topological polar surface area (TPSA) is 61.4 Å². The zero-order chi connectivity index (χ0) is 23.9. The predicted octanol–water partition coefficient (Wildman–Crippen LogP) is 5.67. The Bertz CT molecular complexity index is 1120. The maximum atomic E-state index is 13.3. The van der Waals surface area contributed by atoms with Crippen molar-refractivity contribution >= 4 is 23.2 Å². The Balaban J connectivity index is 1.55.